The molecule has 0 aliphatic carbocycles. The second kappa shape index (κ2) is 13.3. The minimum Gasteiger partial charge on any atom is -0.353 e. The van der Waals surface area contributed by atoms with Crippen molar-refractivity contribution in [2.45, 2.75) is 51.6 Å². The molecule has 0 saturated carbocycles. The Balaban J connectivity index is 3.94. The maximum absolute atomic E-state index is 12.1. The molecule has 0 aromatic rings. The van der Waals surface area contributed by atoms with Crippen LogP contribution in [0.2, 0.25) is 0 Å². The van der Waals surface area contributed by atoms with Crippen LogP contribution >= 0.6 is 0 Å². The van der Waals surface area contributed by atoms with Crippen molar-refractivity contribution < 1.29 is 4.79 Å². The Morgan fingerprint density at radius 3 is 2.20 bits per heavy atom. The first kappa shape index (κ1) is 19.3. The van der Waals surface area contributed by atoms with Gasteiger partial charge in [0.2, 0.25) is 5.91 Å². The van der Waals surface area contributed by atoms with Gasteiger partial charge < -0.3 is 27.4 Å². The van der Waals surface area contributed by atoms with Crippen molar-refractivity contribution >= 4 is 5.91 Å². The van der Waals surface area contributed by atoms with Gasteiger partial charge >= 0.3 is 0 Å². The van der Waals surface area contributed by atoms with Crippen molar-refractivity contribution in [2.24, 2.45) is 11.5 Å². The molecule has 6 nitrogen and oxygen atoms in total. The van der Waals surface area contributed by atoms with Gasteiger partial charge in [0.15, 0.2) is 0 Å². The Labute approximate surface area is 123 Å². The number of hydrogen-bond donors (Lipinski definition) is 5. The van der Waals surface area contributed by atoms with Crippen LogP contribution in [0.4, 0.5) is 0 Å². The van der Waals surface area contributed by atoms with E-state index < -0.39 is 0 Å². The average Bonchev–Trinajstić information content (AvgIpc) is 2.39. The molecule has 0 rings (SSSR count). The second-order valence-electron chi connectivity index (χ2n) is 5.35. The van der Waals surface area contributed by atoms with Crippen LogP contribution in [0, 0.1) is 0 Å². The number of carbonyl (C=O) groups excluding carboxylic acids is 1. The Morgan fingerprint density at radius 2 is 1.60 bits per heavy atom. The van der Waals surface area contributed by atoms with Crippen molar-refractivity contribution in [3.8, 4) is 0 Å². The summed E-state index contributed by atoms with van der Waals surface area (Å²) >= 11 is 0. The maximum atomic E-state index is 12.1. The van der Waals surface area contributed by atoms with Crippen LogP contribution < -0.4 is 27.4 Å². The standard InChI is InChI=1S/C14H33N5O/c1-12(2)19-14(20)13(18-11-5-8-16)6-3-9-17-10-4-7-15/h12-13,17-18H,3-11,15-16H2,1-2H3,(H,19,20). The average molecular weight is 287 g/mol. The van der Waals surface area contributed by atoms with Crippen LogP contribution in [0.25, 0.3) is 0 Å². The summed E-state index contributed by atoms with van der Waals surface area (Å²) in [7, 11) is 0. The lowest BCUT2D eigenvalue weighted by Crippen LogP contribution is -2.47. The third-order valence-corrected chi connectivity index (χ3v) is 2.92. The predicted molar refractivity (Wildman–Crippen MR) is 84.5 cm³/mol. The summed E-state index contributed by atoms with van der Waals surface area (Å²) in [6.45, 7) is 7.96. The fourth-order valence-corrected chi connectivity index (χ4v) is 1.87. The zero-order chi connectivity index (χ0) is 15.2. The van der Waals surface area contributed by atoms with Gasteiger partial charge in [-0.05, 0) is 72.3 Å². The summed E-state index contributed by atoms with van der Waals surface area (Å²) in [5, 5.41) is 9.58. The minimum atomic E-state index is -0.125. The van der Waals surface area contributed by atoms with E-state index in [9.17, 15) is 4.79 Å². The molecule has 20 heavy (non-hydrogen) atoms. The molecule has 0 radical (unpaired) electrons. The van der Waals surface area contributed by atoms with E-state index in [1.165, 1.54) is 0 Å². The minimum absolute atomic E-state index is 0.0824. The van der Waals surface area contributed by atoms with E-state index in [4.69, 9.17) is 11.5 Å². The largest absolute Gasteiger partial charge is 0.353 e. The number of nitrogens with two attached hydrogens (primary N) is 2. The monoisotopic (exact) mass is 287 g/mol. The van der Waals surface area contributed by atoms with Gasteiger partial charge in [-0.25, -0.2) is 0 Å². The predicted octanol–water partition coefficient (Wildman–Crippen LogP) is -0.463. The highest BCUT2D eigenvalue weighted by molar-refractivity contribution is 5.81. The van der Waals surface area contributed by atoms with Gasteiger partial charge in [-0.1, -0.05) is 0 Å². The van der Waals surface area contributed by atoms with Gasteiger partial charge in [0, 0.05) is 6.04 Å². The first-order valence-electron chi connectivity index (χ1n) is 7.76. The van der Waals surface area contributed by atoms with Crippen LogP contribution in [0.3, 0.4) is 0 Å². The van der Waals surface area contributed by atoms with Crippen LogP contribution in [0.5, 0.6) is 0 Å². The summed E-state index contributed by atoms with van der Waals surface area (Å²) in [6, 6.07) is 0.0456. The van der Waals surface area contributed by atoms with Crippen LogP contribution in [-0.4, -0.2) is 50.7 Å². The van der Waals surface area contributed by atoms with E-state index in [1.54, 1.807) is 0 Å². The van der Waals surface area contributed by atoms with Crippen molar-refractivity contribution in [3.05, 3.63) is 0 Å². The molecular weight excluding hydrogens is 254 g/mol. The lowest BCUT2D eigenvalue weighted by atomic mass is 10.1. The maximum Gasteiger partial charge on any atom is 0.237 e. The number of hydrogen-bond acceptors (Lipinski definition) is 5. The van der Waals surface area contributed by atoms with Crippen molar-refractivity contribution in [3.63, 3.8) is 0 Å². The van der Waals surface area contributed by atoms with E-state index in [1.807, 2.05) is 13.8 Å². The first-order chi connectivity index (χ1) is 9.61. The van der Waals surface area contributed by atoms with Gasteiger partial charge in [0.05, 0.1) is 6.04 Å². The molecule has 0 heterocycles. The molecule has 0 fully saturated rings. The molecule has 0 spiro atoms. The van der Waals surface area contributed by atoms with Crippen molar-refractivity contribution in [1.82, 2.24) is 16.0 Å². The van der Waals surface area contributed by atoms with Gasteiger partial charge in [0.1, 0.15) is 0 Å². The fourth-order valence-electron chi connectivity index (χ4n) is 1.87. The SMILES string of the molecule is CC(C)NC(=O)C(CCCNCCCN)NCCCN. The molecule has 0 aromatic heterocycles. The highest BCUT2D eigenvalue weighted by Gasteiger charge is 2.17. The smallest absolute Gasteiger partial charge is 0.237 e. The fraction of sp³-hybridized carbons (Fsp3) is 0.929. The topological polar surface area (TPSA) is 105 Å². The Bertz CT molecular complexity index is 236. The molecule has 0 aliphatic heterocycles. The molecule has 0 aromatic carbocycles. The first-order valence-corrected chi connectivity index (χ1v) is 7.76. The number of carbonyl (C=O) groups is 1. The van der Waals surface area contributed by atoms with Crippen LogP contribution in [0.1, 0.15) is 39.5 Å². The molecule has 7 N–H and O–H groups in total. The molecular formula is C14H33N5O. The summed E-state index contributed by atoms with van der Waals surface area (Å²) in [5.74, 6) is 0.0824. The van der Waals surface area contributed by atoms with E-state index in [-0.39, 0.29) is 18.0 Å². The highest BCUT2D eigenvalue weighted by Crippen LogP contribution is 1.98. The highest BCUT2D eigenvalue weighted by atomic mass is 16.2. The molecule has 120 valence electrons. The van der Waals surface area contributed by atoms with Gasteiger partial charge in [-0.2, -0.15) is 0 Å². The zero-order valence-electron chi connectivity index (χ0n) is 13.1. The van der Waals surface area contributed by atoms with E-state index >= 15 is 0 Å². The molecule has 0 aliphatic rings. The van der Waals surface area contributed by atoms with E-state index in [0.29, 0.717) is 13.1 Å². The quantitative estimate of drug-likeness (QED) is 0.295. The third-order valence-electron chi connectivity index (χ3n) is 2.92. The molecule has 1 atom stereocenters. The molecule has 0 bridgehead atoms. The molecule has 6 heteroatoms. The van der Waals surface area contributed by atoms with Gasteiger partial charge in [0.25, 0.3) is 0 Å². The van der Waals surface area contributed by atoms with E-state index in [0.717, 1.165) is 45.3 Å². The summed E-state index contributed by atoms with van der Waals surface area (Å²) in [6.07, 6.45) is 3.68. The molecule has 0 saturated heterocycles. The normalized spacial score (nSPS) is 12.7. The molecule has 1 amide bonds. The lowest BCUT2D eigenvalue weighted by Gasteiger charge is -2.20. The second-order valence-corrected chi connectivity index (χ2v) is 5.35. The van der Waals surface area contributed by atoms with Crippen molar-refractivity contribution in [1.29, 1.82) is 0 Å². The van der Waals surface area contributed by atoms with Crippen LogP contribution in [-0.2, 0) is 4.79 Å². The third kappa shape index (κ3) is 11.2. The number of amides is 1. The lowest BCUT2D eigenvalue weighted by molar-refractivity contribution is -0.123. The van der Waals surface area contributed by atoms with Crippen molar-refractivity contribution in [2.75, 3.05) is 32.7 Å². The van der Waals surface area contributed by atoms with Crippen LogP contribution in [0.15, 0.2) is 0 Å². The molecule has 1 unspecified atom stereocenters. The Hall–Kier alpha value is -0.690. The summed E-state index contributed by atoms with van der Waals surface area (Å²) in [4.78, 5) is 12.1. The van der Waals surface area contributed by atoms with Gasteiger partial charge in [-0.15, -0.1) is 0 Å². The van der Waals surface area contributed by atoms with E-state index in [2.05, 4.69) is 16.0 Å². The Morgan fingerprint density at radius 1 is 1.00 bits per heavy atom. The summed E-state index contributed by atoms with van der Waals surface area (Å²) in [5.41, 5.74) is 10.9. The zero-order valence-corrected chi connectivity index (χ0v) is 13.1. The number of rotatable bonds is 13. The van der Waals surface area contributed by atoms with Gasteiger partial charge in [-0.3, -0.25) is 4.79 Å². The Kier molecular flexibility index (Phi) is 12.8. The number of nitrogens with one attached hydrogen (secondary N) is 3. The summed E-state index contributed by atoms with van der Waals surface area (Å²) < 4.78 is 0.